The van der Waals surface area contributed by atoms with Crippen LogP contribution in [0.5, 0.6) is 5.75 Å². The lowest BCUT2D eigenvalue weighted by Gasteiger charge is -2.45. The van der Waals surface area contributed by atoms with E-state index in [1.165, 1.54) is 24.3 Å². The third-order valence-corrected chi connectivity index (χ3v) is 6.31. The van der Waals surface area contributed by atoms with Crippen molar-refractivity contribution in [1.82, 2.24) is 9.80 Å². The summed E-state index contributed by atoms with van der Waals surface area (Å²) in [5.41, 5.74) is 0.708. The molecule has 5 nitrogen and oxygen atoms in total. The largest absolute Gasteiger partial charge is 0.488 e. The lowest BCUT2D eigenvalue weighted by atomic mass is 10.0. The molecular weight excluding hydrogens is 336 g/mol. The second-order valence-corrected chi connectivity index (χ2v) is 8.19. The number of likely N-dealkylation sites (tertiary alicyclic amines) is 1. The molecule has 25 heavy (non-hydrogen) atoms. The standard InChI is InChI=1S/C19H26N2O3S/c22-19(20-6-8-23-9-7-20)15-2-1-3-17(12-15)24-18-13-21(14-18)16-4-10-25-11-5-16/h1-3,12,16,18H,4-11,13-14H2. The molecule has 1 aromatic rings. The second-order valence-electron chi connectivity index (χ2n) is 6.97. The molecule has 4 rings (SSSR count). The minimum Gasteiger partial charge on any atom is -0.488 e. The zero-order valence-corrected chi connectivity index (χ0v) is 15.4. The number of hydrogen-bond acceptors (Lipinski definition) is 5. The van der Waals surface area contributed by atoms with Crippen LogP contribution in [0.1, 0.15) is 23.2 Å². The van der Waals surface area contributed by atoms with E-state index in [1.54, 1.807) is 0 Å². The van der Waals surface area contributed by atoms with Crippen molar-refractivity contribution in [2.45, 2.75) is 25.0 Å². The van der Waals surface area contributed by atoms with Gasteiger partial charge in [0.2, 0.25) is 0 Å². The highest BCUT2D eigenvalue weighted by atomic mass is 32.2. The molecule has 0 spiro atoms. The van der Waals surface area contributed by atoms with Crippen molar-refractivity contribution in [3.8, 4) is 5.75 Å². The van der Waals surface area contributed by atoms with Gasteiger partial charge in [0, 0.05) is 37.8 Å². The van der Waals surface area contributed by atoms with Crippen LogP contribution in [0.4, 0.5) is 0 Å². The summed E-state index contributed by atoms with van der Waals surface area (Å²) >= 11 is 2.07. The van der Waals surface area contributed by atoms with E-state index in [-0.39, 0.29) is 12.0 Å². The highest BCUT2D eigenvalue weighted by Crippen LogP contribution is 2.27. The molecule has 3 aliphatic heterocycles. The number of nitrogens with zero attached hydrogens (tertiary/aromatic N) is 2. The fourth-order valence-electron chi connectivity index (χ4n) is 3.74. The van der Waals surface area contributed by atoms with Crippen molar-refractivity contribution in [2.24, 2.45) is 0 Å². The number of ether oxygens (including phenoxy) is 2. The summed E-state index contributed by atoms with van der Waals surface area (Å²) in [6.07, 6.45) is 2.87. The second kappa shape index (κ2) is 7.98. The predicted molar refractivity (Wildman–Crippen MR) is 99.5 cm³/mol. The van der Waals surface area contributed by atoms with Gasteiger partial charge >= 0.3 is 0 Å². The maximum atomic E-state index is 12.6. The molecule has 6 heteroatoms. The van der Waals surface area contributed by atoms with Crippen LogP contribution in [0.3, 0.4) is 0 Å². The maximum Gasteiger partial charge on any atom is 0.254 e. The van der Waals surface area contributed by atoms with Crippen molar-refractivity contribution >= 4 is 17.7 Å². The maximum absolute atomic E-state index is 12.6. The Morgan fingerprint density at radius 1 is 1.16 bits per heavy atom. The molecule has 3 aliphatic rings. The number of carbonyl (C=O) groups is 1. The summed E-state index contributed by atoms with van der Waals surface area (Å²) in [4.78, 5) is 17.0. The molecular formula is C19H26N2O3S. The number of carbonyl (C=O) groups excluding carboxylic acids is 1. The molecule has 1 amide bonds. The summed E-state index contributed by atoms with van der Waals surface area (Å²) in [6.45, 7) is 4.61. The Kier molecular flexibility index (Phi) is 5.48. The zero-order chi connectivity index (χ0) is 17.1. The topological polar surface area (TPSA) is 42.0 Å². The number of amides is 1. The predicted octanol–water partition coefficient (Wildman–Crippen LogP) is 2.12. The molecule has 3 heterocycles. The summed E-state index contributed by atoms with van der Waals surface area (Å²) in [6, 6.07) is 8.37. The van der Waals surface area contributed by atoms with Gasteiger partial charge in [0.05, 0.1) is 13.2 Å². The molecule has 3 saturated heterocycles. The number of hydrogen-bond donors (Lipinski definition) is 0. The molecule has 3 fully saturated rings. The van der Waals surface area contributed by atoms with Crippen LogP contribution in [0.15, 0.2) is 24.3 Å². The van der Waals surface area contributed by atoms with Gasteiger partial charge in [0.15, 0.2) is 0 Å². The third kappa shape index (κ3) is 4.13. The van der Waals surface area contributed by atoms with Gasteiger partial charge in [-0.25, -0.2) is 0 Å². The average Bonchev–Trinajstić information content (AvgIpc) is 2.65. The molecule has 0 atom stereocenters. The smallest absolute Gasteiger partial charge is 0.254 e. The first-order valence-electron chi connectivity index (χ1n) is 9.25. The van der Waals surface area contributed by atoms with Gasteiger partial charge in [-0.2, -0.15) is 11.8 Å². The van der Waals surface area contributed by atoms with Gasteiger partial charge in [-0.3, -0.25) is 9.69 Å². The van der Waals surface area contributed by atoms with Crippen LogP contribution < -0.4 is 4.74 Å². The van der Waals surface area contributed by atoms with E-state index in [4.69, 9.17) is 9.47 Å². The molecule has 1 aromatic carbocycles. The molecule has 0 N–H and O–H groups in total. The number of morpholine rings is 1. The van der Waals surface area contributed by atoms with E-state index >= 15 is 0 Å². The summed E-state index contributed by atoms with van der Waals surface area (Å²) in [5, 5.41) is 0. The Labute approximate surface area is 153 Å². The molecule has 0 radical (unpaired) electrons. The monoisotopic (exact) mass is 362 g/mol. The third-order valence-electron chi connectivity index (χ3n) is 5.27. The van der Waals surface area contributed by atoms with Gasteiger partial charge in [-0.1, -0.05) is 6.07 Å². The fourth-order valence-corrected chi connectivity index (χ4v) is 4.82. The molecule has 0 saturated carbocycles. The van der Waals surface area contributed by atoms with Crippen LogP contribution in [-0.2, 0) is 4.74 Å². The van der Waals surface area contributed by atoms with E-state index in [1.807, 2.05) is 29.2 Å². The Morgan fingerprint density at radius 2 is 1.92 bits per heavy atom. The fraction of sp³-hybridized carbons (Fsp3) is 0.632. The van der Waals surface area contributed by atoms with Gasteiger partial charge in [-0.15, -0.1) is 0 Å². The highest BCUT2D eigenvalue weighted by Gasteiger charge is 2.34. The van der Waals surface area contributed by atoms with Crippen molar-refractivity contribution < 1.29 is 14.3 Å². The zero-order valence-electron chi connectivity index (χ0n) is 14.6. The van der Waals surface area contributed by atoms with E-state index < -0.39 is 0 Å². The Balaban J connectivity index is 1.30. The molecule has 0 aromatic heterocycles. The van der Waals surface area contributed by atoms with Crippen molar-refractivity contribution in [1.29, 1.82) is 0 Å². The van der Waals surface area contributed by atoms with Gasteiger partial charge in [-0.05, 0) is 42.5 Å². The average molecular weight is 362 g/mol. The molecule has 0 bridgehead atoms. The Hall–Kier alpha value is -1.24. The lowest BCUT2D eigenvalue weighted by Crippen LogP contribution is -2.58. The van der Waals surface area contributed by atoms with Crippen molar-refractivity contribution in [3.05, 3.63) is 29.8 Å². The first kappa shape index (κ1) is 17.2. The first-order valence-corrected chi connectivity index (χ1v) is 10.4. The molecule has 0 unspecified atom stereocenters. The normalized spacial score (nSPS) is 23.3. The number of rotatable bonds is 4. The highest BCUT2D eigenvalue weighted by molar-refractivity contribution is 7.99. The number of benzene rings is 1. The van der Waals surface area contributed by atoms with Crippen molar-refractivity contribution in [2.75, 3.05) is 50.9 Å². The van der Waals surface area contributed by atoms with Gasteiger partial charge in [0.1, 0.15) is 11.9 Å². The van der Waals surface area contributed by atoms with E-state index in [9.17, 15) is 4.79 Å². The summed E-state index contributed by atoms with van der Waals surface area (Å²) < 4.78 is 11.4. The number of thioether (sulfide) groups is 1. The quantitative estimate of drug-likeness (QED) is 0.821. The van der Waals surface area contributed by atoms with Gasteiger partial charge in [0.25, 0.3) is 5.91 Å². The lowest BCUT2D eigenvalue weighted by molar-refractivity contribution is -0.0113. The minimum absolute atomic E-state index is 0.0729. The van der Waals surface area contributed by atoms with Gasteiger partial charge < -0.3 is 14.4 Å². The first-order chi connectivity index (χ1) is 12.3. The van der Waals surface area contributed by atoms with Crippen LogP contribution in [-0.4, -0.2) is 78.8 Å². The van der Waals surface area contributed by atoms with Crippen LogP contribution >= 0.6 is 11.8 Å². The Bertz CT molecular complexity index is 594. The molecule has 136 valence electrons. The van der Waals surface area contributed by atoms with Crippen LogP contribution in [0, 0.1) is 0 Å². The van der Waals surface area contributed by atoms with E-state index in [2.05, 4.69) is 16.7 Å². The SMILES string of the molecule is O=C(c1cccc(OC2CN(C3CCSCC3)C2)c1)N1CCOCC1. The summed E-state index contributed by atoms with van der Waals surface area (Å²) in [7, 11) is 0. The van der Waals surface area contributed by atoms with Crippen molar-refractivity contribution in [3.63, 3.8) is 0 Å². The van der Waals surface area contributed by atoms with Crippen LogP contribution in [0.2, 0.25) is 0 Å². The summed E-state index contributed by atoms with van der Waals surface area (Å²) in [5.74, 6) is 3.46. The molecule has 0 aliphatic carbocycles. The van der Waals surface area contributed by atoms with E-state index in [0.29, 0.717) is 31.9 Å². The Morgan fingerprint density at radius 3 is 2.68 bits per heavy atom. The van der Waals surface area contributed by atoms with Crippen LogP contribution in [0.25, 0.3) is 0 Å². The minimum atomic E-state index is 0.0729. The van der Waals surface area contributed by atoms with E-state index in [0.717, 1.165) is 24.9 Å².